The fraction of sp³-hybridized carbons (Fsp3) is 0.182. The van der Waals surface area contributed by atoms with Gasteiger partial charge >= 0.3 is 0 Å². The highest BCUT2D eigenvalue weighted by Gasteiger charge is 2.07. The number of halogens is 2. The van der Waals surface area contributed by atoms with Gasteiger partial charge in [-0.2, -0.15) is 0 Å². The van der Waals surface area contributed by atoms with Crippen molar-refractivity contribution in [1.82, 2.24) is 0 Å². The Bertz CT molecular complexity index is 358. The average molecular weight is 196 g/mol. The van der Waals surface area contributed by atoms with Crippen LogP contribution in [0.4, 0.5) is 8.78 Å². The minimum Gasteiger partial charge on any atom is -0.299 e. The third-order valence-corrected chi connectivity index (χ3v) is 1.77. The van der Waals surface area contributed by atoms with E-state index in [2.05, 4.69) is 6.58 Å². The Kier molecular flexibility index (Phi) is 3.51. The summed E-state index contributed by atoms with van der Waals surface area (Å²) in [5, 5.41) is 0. The summed E-state index contributed by atoms with van der Waals surface area (Å²) >= 11 is 0. The second-order valence-electron chi connectivity index (χ2n) is 2.94. The molecule has 0 atom stereocenters. The number of rotatable bonds is 4. The molecule has 0 aliphatic rings. The van der Waals surface area contributed by atoms with Crippen molar-refractivity contribution in [3.05, 3.63) is 48.1 Å². The van der Waals surface area contributed by atoms with Crippen LogP contribution in [0.1, 0.15) is 12.0 Å². The third kappa shape index (κ3) is 2.76. The first kappa shape index (κ1) is 10.6. The zero-order valence-electron chi connectivity index (χ0n) is 7.59. The van der Waals surface area contributed by atoms with E-state index in [0.29, 0.717) is 0 Å². The van der Waals surface area contributed by atoms with Crippen LogP contribution in [0.3, 0.4) is 0 Å². The molecule has 0 radical (unpaired) electrons. The Balaban J connectivity index is 2.80. The molecule has 74 valence electrons. The van der Waals surface area contributed by atoms with Crippen molar-refractivity contribution < 1.29 is 13.6 Å². The Morgan fingerprint density at radius 1 is 1.43 bits per heavy atom. The zero-order valence-corrected chi connectivity index (χ0v) is 7.59. The largest absolute Gasteiger partial charge is 0.299 e. The van der Waals surface area contributed by atoms with E-state index >= 15 is 0 Å². The molecule has 0 unspecified atom stereocenters. The summed E-state index contributed by atoms with van der Waals surface area (Å²) in [6, 6.07) is 3.08. The van der Waals surface area contributed by atoms with Crippen molar-refractivity contribution in [2.75, 3.05) is 0 Å². The van der Waals surface area contributed by atoms with E-state index in [1.54, 1.807) is 0 Å². The van der Waals surface area contributed by atoms with E-state index in [1.807, 2.05) is 0 Å². The minimum atomic E-state index is -0.552. The molecule has 1 rings (SSSR count). The Morgan fingerprint density at radius 3 is 2.79 bits per heavy atom. The number of carbonyl (C=O) groups excluding carboxylic acids is 1. The molecule has 0 saturated carbocycles. The second-order valence-corrected chi connectivity index (χ2v) is 2.94. The number of hydrogen-bond acceptors (Lipinski definition) is 1. The lowest BCUT2D eigenvalue weighted by Gasteiger charge is -2.01. The van der Waals surface area contributed by atoms with E-state index in [9.17, 15) is 13.6 Å². The SMILES string of the molecule is C=CCC(=O)Cc1cc(F)ccc1F. The fourth-order valence-corrected chi connectivity index (χ4v) is 1.12. The highest BCUT2D eigenvalue weighted by Crippen LogP contribution is 2.11. The molecule has 3 heteroatoms. The van der Waals surface area contributed by atoms with Crippen molar-refractivity contribution in [1.29, 1.82) is 0 Å². The van der Waals surface area contributed by atoms with Gasteiger partial charge in [-0.25, -0.2) is 8.78 Å². The molecule has 0 aromatic heterocycles. The Morgan fingerprint density at radius 2 is 2.14 bits per heavy atom. The second kappa shape index (κ2) is 4.65. The van der Waals surface area contributed by atoms with Crippen LogP contribution in [0, 0.1) is 11.6 Å². The van der Waals surface area contributed by atoms with Crippen LogP contribution in [-0.4, -0.2) is 5.78 Å². The van der Waals surface area contributed by atoms with Crippen LogP contribution < -0.4 is 0 Å². The summed E-state index contributed by atoms with van der Waals surface area (Å²) in [7, 11) is 0. The lowest BCUT2D eigenvalue weighted by molar-refractivity contribution is -0.117. The quantitative estimate of drug-likeness (QED) is 0.676. The van der Waals surface area contributed by atoms with Crippen LogP contribution in [0.15, 0.2) is 30.9 Å². The molecule has 1 nitrogen and oxygen atoms in total. The molecule has 0 aliphatic carbocycles. The van der Waals surface area contributed by atoms with Gasteiger partial charge in [0.1, 0.15) is 17.4 Å². The van der Waals surface area contributed by atoms with Gasteiger partial charge in [0.25, 0.3) is 0 Å². The van der Waals surface area contributed by atoms with E-state index < -0.39 is 11.6 Å². The van der Waals surface area contributed by atoms with Gasteiger partial charge in [-0.05, 0) is 23.8 Å². The van der Waals surface area contributed by atoms with Crippen LogP contribution in [0.2, 0.25) is 0 Å². The van der Waals surface area contributed by atoms with Crippen LogP contribution in [0.25, 0.3) is 0 Å². The number of ketones is 1. The molecule has 0 saturated heterocycles. The molecule has 14 heavy (non-hydrogen) atoms. The van der Waals surface area contributed by atoms with Crippen molar-refractivity contribution >= 4 is 5.78 Å². The topological polar surface area (TPSA) is 17.1 Å². The molecule has 1 aromatic carbocycles. The average Bonchev–Trinajstić information content (AvgIpc) is 2.12. The van der Waals surface area contributed by atoms with Gasteiger partial charge in [0, 0.05) is 12.8 Å². The normalized spacial score (nSPS) is 9.86. The molecule has 0 bridgehead atoms. The van der Waals surface area contributed by atoms with Gasteiger partial charge in [0.15, 0.2) is 0 Å². The van der Waals surface area contributed by atoms with Gasteiger partial charge in [0.2, 0.25) is 0 Å². The molecule has 0 heterocycles. The van der Waals surface area contributed by atoms with Crippen LogP contribution >= 0.6 is 0 Å². The molecule has 0 spiro atoms. The first-order valence-electron chi connectivity index (χ1n) is 4.20. The third-order valence-electron chi connectivity index (χ3n) is 1.77. The smallest absolute Gasteiger partial charge is 0.141 e. The van der Waals surface area contributed by atoms with E-state index in [4.69, 9.17) is 0 Å². The maximum Gasteiger partial charge on any atom is 0.141 e. The van der Waals surface area contributed by atoms with Gasteiger partial charge in [-0.1, -0.05) is 6.08 Å². The fourth-order valence-electron chi connectivity index (χ4n) is 1.12. The van der Waals surface area contributed by atoms with Gasteiger partial charge in [-0.3, -0.25) is 4.79 Å². The molecular formula is C11H10F2O. The molecule has 0 aliphatic heterocycles. The maximum atomic E-state index is 13.0. The predicted molar refractivity (Wildman–Crippen MR) is 49.9 cm³/mol. The van der Waals surface area contributed by atoms with Crippen LogP contribution in [-0.2, 0) is 11.2 Å². The minimum absolute atomic E-state index is 0.0877. The highest BCUT2D eigenvalue weighted by atomic mass is 19.1. The number of Topliss-reactive ketones (excluding diaryl/α,β-unsaturated/α-hetero) is 1. The van der Waals surface area contributed by atoms with Crippen molar-refractivity contribution in [3.63, 3.8) is 0 Å². The maximum absolute atomic E-state index is 13.0. The summed E-state index contributed by atoms with van der Waals surface area (Å²) < 4.78 is 25.7. The number of allylic oxidation sites excluding steroid dienone is 1. The summed E-state index contributed by atoms with van der Waals surface area (Å²) in [5.74, 6) is -1.26. The molecule has 0 N–H and O–H groups in total. The first-order chi connectivity index (χ1) is 6.63. The van der Waals surface area contributed by atoms with E-state index in [-0.39, 0.29) is 24.2 Å². The van der Waals surface area contributed by atoms with Crippen LogP contribution in [0.5, 0.6) is 0 Å². The van der Waals surface area contributed by atoms with Crippen molar-refractivity contribution in [3.8, 4) is 0 Å². The standard InChI is InChI=1S/C11H10F2O/c1-2-3-10(14)7-8-6-9(12)4-5-11(8)13/h2,4-6H,1,3,7H2. The molecule has 0 fully saturated rings. The van der Waals surface area contributed by atoms with E-state index in [0.717, 1.165) is 18.2 Å². The van der Waals surface area contributed by atoms with E-state index in [1.165, 1.54) is 6.08 Å². The first-order valence-corrected chi connectivity index (χ1v) is 4.20. The van der Waals surface area contributed by atoms with Crippen molar-refractivity contribution in [2.24, 2.45) is 0 Å². The summed E-state index contributed by atoms with van der Waals surface area (Å²) in [6.07, 6.45) is 1.53. The number of benzene rings is 1. The Hall–Kier alpha value is -1.51. The van der Waals surface area contributed by atoms with Gasteiger partial charge in [-0.15, -0.1) is 6.58 Å². The summed E-state index contributed by atoms with van der Waals surface area (Å²) in [6.45, 7) is 3.39. The lowest BCUT2D eigenvalue weighted by Crippen LogP contribution is -2.03. The monoisotopic (exact) mass is 196 g/mol. The van der Waals surface area contributed by atoms with Gasteiger partial charge < -0.3 is 0 Å². The highest BCUT2D eigenvalue weighted by molar-refractivity contribution is 5.82. The summed E-state index contributed by atoms with van der Waals surface area (Å²) in [4.78, 5) is 11.1. The number of carbonyl (C=O) groups is 1. The molecule has 0 amide bonds. The zero-order chi connectivity index (χ0) is 10.6. The number of hydrogen-bond donors (Lipinski definition) is 0. The summed E-state index contributed by atoms with van der Waals surface area (Å²) in [5.41, 5.74) is 0.0943. The Labute approximate surface area is 81.1 Å². The lowest BCUT2D eigenvalue weighted by atomic mass is 10.1. The van der Waals surface area contributed by atoms with Gasteiger partial charge in [0.05, 0.1) is 0 Å². The molecule has 1 aromatic rings. The predicted octanol–water partition coefficient (Wildman–Crippen LogP) is 2.65. The molecular weight excluding hydrogens is 186 g/mol. The van der Waals surface area contributed by atoms with Crippen molar-refractivity contribution in [2.45, 2.75) is 12.8 Å².